The Balaban J connectivity index is 2.58. The Morgan fingerprint density at radius 1 is 1.13 bits per heavy atom. The predicted molar refractivity (Wildman–Crippen MR) is 67.4 cm³/mol. The maximum atomic E-state index is 14.0. The van der Waals surface area contributed by atoms with Crippen molar-refractivity contribution < 1.29 is 4.11 Å². The van der Waals surface area contributed by atoms with Crippen LogP contribution in [0.25, 0.3) is 0 Å². The van der Waals surface area contributed by atoms with Crippen LogP contribution in [0.2, 0.25) is 18.1 Å². The van der Waals surface area contributed by atoms with Crippen LogP contribution in [0, 0.1) is 0 Å². The molecule has 0 bridgehead atoms. The number of hydrogen-bond donors (Lipinski definition) is 0. The quantitative estimate of drug-likeness (QED) is 0.519. The molecule has 0 amide bonds. The van der Waals surface area contributed by atoms with Gasteiger partial charge in [0.2, 0.25) is 8.41 Å². The number of rotatable bonds is 4. The Kier molecular flexibility index (Phi) is 3.71. The fraction of sp³-hybridized carbons (Fsp3) is 0.538. The number of hydrogen-bond acceptors (Lipinski definition) is 0. The lowest BCUT2D eigenvalue weighted by Gasteiger charge is -2.32. The molecule has 15 heavy (non-hydrogen) atoms. The average Bonchev–Trinajstić information content (AvgIpc) is 2.15. The molecule has 1 rings (SSSR count). The Morgan fingerprint density at radius 3 is 2.13 bits per heavy atom. The molecule has 0 saturated heterocycles. The lowest BCUT2D eigenvalue weighted by molar-refractivity contribution is 0.533. The van der Waals surface area contributed by atoms with Crippen LogP contribution in [0.4, 0.5) is 4.11 Å². The van der Waals surface area contributed by atoms with Crippen molar-refractivity contribution in [2.45, 2.75) is 44.8 Å². The van der Waals surface area contributed by atoms with Gasteiger partial charge in [0.1, 0.15) is 0 Å². The predicted octanol–water partition coefficient (Wildman–Crippen LogP) is 4.57. The number of benzene rings is 1. The molecule has 0 atom stereocenters. The van der Waals surface area contributed by atoms with Crippen molar-refractivity contribution >= 4 is 8.41 Å². The highest BCUT2D eigenvalue weighted by atomic mass is 28.4. The van der Waals surface area contributed by atoms with Gasteiger partial charge in [-0.15, -0.1) is 0 Å². The second-order valence-corrected chi connectivity index (χ2v) is 9.64. The molecular weight excluding hydrogens is 203 g/mol. The summed E-state index contributed by atoms with van der Waals surface area (Å²) in [5.74, 6) is 0. The fourth-order valence-electron chi connectivity index (χ4n) is 1.40. The normalized spacial score (nSPS) is 12.9. The third kappa shape index (κ3) is 3.45. The van der Waals surface area contributed by atoms with Crippen LogP contribution in [0.1, 0.15) is 25.8 Å². The number of aryl methyl sites for hydroxylation is 1. The third-order valence-corrected chi connectivity index (χ3v) is 6.96. The van der Waals surface area contributed by atoms with Crippen molar-refractivity contribution in [2.24, 2.45) is 0 Å². The molecule has 0 aliphatic rings. The van der Waals surface area contributed by atoms with E-state index in [0.717, 1.165) is 12.8 Å². The minimum absolute atomic E-state index is 0.136. The molecule has 1 aromatic rings. The maximum absolute atomic E-state index is 14.0. The molecule has 0 radical (unpaired) electrons. The van der Waals surface area contributed by atoms with E-state index in [4.69, 9.17) is 0 Å². The summed E-state index contributed by atoms with van der Waals surface area (Å²) in [5.41, 5.74) is 1.31. The SMILES string of the molecule is CC(C)(CCc1ccccc1)[Si](C)(C)F. The first-order valence-electron chi connectivity index (χ1n) is 5.56. The Labute approximate surface area is 93.7 Å². The molecule has 0 aliphatic heterocycles. The van der Waals surface area contributed by atoms with Crippen molar-refractivity contribution in [3.63, 3.8) is 0 Å². The van der Waals surface area contributed by atoms with Gasteiger partial charge in [0.05, 0.1) is 0 Å². The molecule has 84 valence electrons. The van der Waals surface area contributed by atoms with Crippen LogP contribution in [-0.2, 0) is 6.42 Å². The molecule has 0 spiro atoms. The van der Waals surface area contributed by atoms with E-state index in [1.54, 1.807) is 13.1 Å². The first-order valence-corrected chi connectivity index (χ1v) is 8.43. The molecule has 0 nitrogen and oxygen atoms in total. The van der Waals surface area contributed by atoms with Gasteiger partial charge in [0.25, 0.3) is 0 Å². The van der Waals surface area contributed by atoms with E-state index in [1.165, 1.54) is 5.56 Å². The van der Waals surface area contributed by atoms with E-state index in [-0.39, 0.29) is 5.04 Å². The molecule has 2 heteroatoms. The minimum Gasteiger partial charge on any atom is -0.314 e. The molecular formula is C13H21FSi. The number of halogens is 1. The molecule has 0 aliphatic carbocycles. The second kappa shape index (κ2) is 4.48. The van der Waals surface area contributed by atoms with Gasteiger partial charge in [-0.2, -0.15) is 0 Å². The second-order valence-electron chi connectivity index (χ2n) is 5.34. The van der Waals surface area contributed by atoms with Crippen LogP contribution in [-0.4, -0.2) is 8.41 Å². The van der Waals surface area contributed by atoms with E-state index in [1.807, 2.05) is 18.2 Å². The van der Waals surface area contributed by atoms with E-state index < -0.39 is 8.41 Å². The van der Waals surface area contributed by atoms with Gasteiger partial charge in [-0.3, -0.25) is 0 Å². The summed E-state index contributed by atoms with van der Waals surface area (Å²) in [7, 11) is -2.54. The molecule has 0 aromatic heterocycles. The first-order chi connectivity index (χ1) is 6.83. The highest BCUT2D eigenvalue weighted by molar-refractivity contribution is 6.73. The van der Waals surface area contributed by atoms with Crippen molar-refractivity contribution in [2.75, 3.05) is 0 Å². The van der Waals surface area contributed by atoms with Crippen molar-refractivity contribution in [3.05, 3.63) is 35.9 Å². The topological polar surface area (TPSA) is 0 Å². The highest BCUT2D eigenvalue weighted by Crippen LogP contribution is 2.41. The van der Waals surface area contributed by atoms with Crippen molar-refractivity contribution in [3.8, 4) is 0 Å². The Bertz CT molecular complexity index is 298. The van der Waals surface area contributed by atoms with E-state index in [2.05, 4.69) is 26.0 Å². The van der Waals surface area contributed by atoms with Gasteiger partial charge in [-0.1, -0.05) is 44.2 Å². The van der Waals surface area contributed by atoms with Crippen LogP contribution >= 0.6 is 0 Å². The summed E-state index contributed by atoms with van der Waals surface area (Å²) in [5, 5.41) is -0.136. The lowest BCUT2D eigenvalue weighted by Crippen LogP contribution is -2.34. The summed E-state index contributed by atoms with van der Waals surface area (Å²) in [6, 6.07) is 10.3. The highest BCUT2D eigenvalue weighted by Gasteiger charge is 2.39. The van der Waals surface area contributed by atoms with E-state index in [9.17, 15) is 4.11 Å². The van der Waals surface area contributed by atoms with Crippen LogP contribution in [0.5, 0.6) is 0 Å². The average molecular weight is 224 g/mol. The lowest BCUT2D eigenvalue weighted by atomic mass is 10.0. The largest absolute Gasteiger partial charge is 0.314 e. The van der Waals surface area contributed by atoms with Crippen molar-refractivity contribution in [1.82, 2.24) is 0 Å². The molecule has 0 unspecified atom stereocenters. The standard InChI is InChI=1S/C13H21FSi/c1-13(2,15(3,4)14)11-10-12-8-6-5-7-9-12/h5-9H,10-11H2,1-4H3. The van der Waals surface area contributed by atoms with Gasteiger partial charge in [-0.05, 0) is 36.5 Å². The fourth-order valence-corrected chi connectivity index (χ4v) is 2.12. The van der Waals surface area contributed by atoms with Gasteiger partial charge < -0.3 is 4.11 Å². The molecule has 0 heterocycles. The van der Waals surface area contributed by atoms with Gasteiger partial charge in [0.15, 0.2) is 0 Å². The zero-order valence-corrected chi connectivity index (χ0v) is 11.2. The molecule has 0 fully saturated rings. The van der Waals surface area contributed by atoms with Gasteiger partial charge >= 0.3 is 0 Å². The van der Waals surface area contributed by atoms with Gasteiger partial charge in [-0.25, -0.2) is 0 Å². The smallest absolute Gasteiger partial charge is 0.246 e. The summed E-state index contributed by atoms with van der Waals surface area (Å²) < 4.78 is 14.0. The molecule has 0 N–H and O–H groups in total. The first kappa shape index (κ1) is 12.4. The Morgan fingerprint density at radius 2 is 1.67 bits per heavy atom. The van der Waals surface area contributed by atoms with Crippen LogP contribution in [0.15, 0.2) is 30.3 Å². The summed E-state index contributed by atoms with van der Waals surface area (Å²) in [6.07, 6.45) is 1.92. The van der Waals surface area contributed by atoms with Crippen LogP contribution < -0.4 is 0 Å². The molecule has 1 aromatic carbocycles. The monoisotopic (exact) mass is 224 g/mol. The third-order valence-electron chi connectivity index (χ3n) is 3.49. The van der Waals surface area contributed by atoms with Crippen molar-refractivity contribution in [1.29, 1.82) is 0 Å². The zero-order chi connectivity index (χ0) is 11.5. The van der Waals surface area contributed by atoms with Crippen LogP contribution in [0.3, 0.4) is 0 Å². The Hall–Kier alpha value is -0.633. The summed E-state index contributed by atoms with van der Waals surface area (Å²) in [6.45, 7) is 7.72. The van der Waals surface area contributed by atoms with E-state index >= 15 is 0 Å². The van der Waals surface area contributed by atoms with E-state index in [0.29, 0.717) is 0 Å². The van der Waals surface area contributed by atoms with Gasteiger partial charge in [0, 0.05) is 0 Å². The zero-order valence-electron chi connectivity index (χ0n) is 10.2. The molecule has 0 saturated carbocycles. The maximum Gasteiger partial charge on any atom is 0.246 e. The summed E-state index contributed by atoms with van der Waals surface area (Å²) >= 11 is 0. The minimum atomic E-state index is -2.54. The summed E-state index contributed by atoms with van der Waals surface area (Å²) in [4.78, 5) is 0.